The number of nitrogens with zero attached hydrogens (tertiary/aromatic N) is 2. The van der Waals surface area contributed by atoms with Crippen molar-refractivity contribution in [2.45, 2.75) is 25.4 Å². The van der Waals surface area contributed by atoms with Gasteiger partial charge in [-0.05, 0) is 29.9 Å². The summed E-state index contributed by atoms with van der Waals surface area (Å²) in [7, 11) is -1.56. The largest absolute Gasteiger partial charge is 0.491 e. The third-order valence-electron chi connectivity index (χ3n) is 3.34. The second kappa shape index (κ2) is 5.60. The molecule has 0 aliphatic heterocycles. The van der Waals surface area contributed by atoms with Crippen molar-refractivity contribution in [3.63, 3.8) is 0 Å². The molecule has 3 rings (SSSR count). The van der Waals surface area contributed by atoms with Crippen molar-refractivity contribution in [3.8, 4) is 6.01 Å². The third-order valence-corrected chi connectivity index (χ3v) is 3.34. The Hall–Kier alpha value is -1.92. The Kier molecular flexibility index (Phi) is 3.67. The van der Waals surface area contributed by atoms with Gasteiger partial charge < -0.3 is 14.8 Å². The predicted molar refractivity (Wildman–Crippen MR) is 74.6 cm³/mol. The van der Waals surface area contributed by atoms with Gasteiger partial charge in [-0.15, -0.1) is 0 Å². The number of hydrogen-bond acceptors (Lipinski definition) is 5. The number of rotatable bonds is 5. The van der Waals surface area contributed by atoms with Gasteiger partial charge in [0.1, 0.15) is 6.61 Å². The molecule has 1 aliphatic rings. The van der Waals surface area contributed by atoms with Crippen LogP contribution in [0.2, 0.25) is 0 Å². The van der Waals surface area contributed by atoms with Gasteiger partial charge in [0.25, 0.3) is 0 Å². The van der Waals surface area contributed by atoms with Gasteiger partial charge in [-0.2, -0.15) is 0 Å². The van der Waals surface area contributed by atoms with Gasteiger partial charge in [0.15, 0.2) is 0 Å². The second-order valence-electron chi connectivity index (χ2n) is 4.98. The average Bonchev–Trinajstić information content (AvgIpc) is 3.31. The molecule has 1 heterocycles. The Labute approximate surface area is 117 Å². The lowest BCUT2D eigenvalue weighted by Crippen LogP contribution is -2.30. The zero-order chi connectivity index (χ0) is 13.9. The molecule has 1 aromatic heterocycles. The molecular formula is C14H15BN2O3. The highest BCUT2D eigenvalue weighted by Crippen LogP contribution is 2.39. The Balaban J connectivity index is 1.58. The van der Waals surface area contributed by atoms with Crippen molar-refractivity contribution in [2.24, 2.45) is 0 Å². The first-order valence-electron chi connectivity index (χ1n) is 6.62. The molecule has 1 aliphatic carbocycles. The first-order valence-corrected chi connectivity index (χ1v) is 6.62. The van der Waals surface area contributed by atoms with E-state index in [1.54, 1.807) is 0 Å². The van der Waals surface area contributed by atoms with E-state index in [0.717, 1.165) is 11.5 Å². The molecule has 102 valence electrons. The first-order chi connectivity index (χ1) is 9.72. The van der Waals surface area contributed by atoms with E-state index in [-0.39, 0.29) is 11.5 Å². The van der Waals surface area contributed by atoms with E-state index in [9.17, 15) is 0 Å². The minimum Gasteiger partial charge on any atom is -0.459 e. The number of aromatic nitrogens is 2. The maximum absolute atomic E-state index is 8.93. The molecule has 0 saturated heterocycles. The summed E-state index contributed by atoms with van der Waals surface area (Å²) < 4.78 is 5.46. The molecule has 0 bridgehead atoms. The molecule has 1 saturated carbocycles. The molecule has 0 atom stereocenters. The van der Waals surface area contributed by atoms with Crippen molar-refractivity contribution in [3.05, 3.63) is 47.8 Å². The fourth-order valence-electron chi connectivity index (χ4n) is 1.98. The van der Waals surface area contributed by atoms with E-state index in [4.69, 9.17) is 14.8 Å². The fraction of sp³-hybridized carbons (Fsp3) is 0.286. The van der Waals surface area contributed by atoms with Crippen molar-refractivity contribution < 1.29 is 14.8 Å². The van der Waals surface area contributed by atoms with Crippen molar-refractivity contribution in [1.29, 1.82) is 0 Å². The maximum atomic E-state index is 8.93. The van der Waals surface area contributed by atoms with Crippen LogP contribution in [0.3, 0.4) is 0 Å². The molecule has 0 spiro atoms. The lowest BCUT2D eigenvalue weighted by atomic mass is 9.83. The normalized spacial score (nSPS) is 14.1. The maximum Gasteiger partial charge on any atom is 0.491 e. The molecule has 6 heteroatoms. The van der Waals surface area contributed by atoms with Crippen LogP contribution in [0.1, 0.15) is 29.9 Å². The quantitative estimate of drug-likeness (QED) is 0.779. The van der Waals surface area contributed by atoms with Crippen LogP contribution in [0.15, 0.2) is 36.7 Å². The Morgan fingerprint density at radius 1 is 1.10 bits per heavy atom. The SMILES string of the molecule is OB(O)c1cnc(OCc2ccc(C3CC3)cc2)nc1. The van der Waals surface area contributed by atoms with E-state index in [2.05, 4.69) is 34.2 Å². The standard InChI is InChI=1S/C14H15BN2O3/c18-15(19)13-7-16-14(17-8-13)20-9-10-1-3-11(4-2-10)12-5-6-12/h1-4,7-8,12,18-19H,5-6,9H2. The molecule has 2 N–H and O–H groups in total. The summed E-state index contributed by atoms with van der Waals surface area (Å²) in [6.07, 6.45) is 5.27. The topological polar surface area (TPSA) is 75.5 Å². The lowest BCUT2D eigenvalue weighted by Gasteiger charge is -2.06. The Morgan fingerprint density at radius 2 is 1.75 bits per heavy atom. The Bertz CT molecular complexity index is 522. The van der Waals surface area contributed by atoms with Gasteiger partial charge in [0.2, 0.25) is 0 Å². The lowest BCUT2D eigenvalue weighted by molar-refractivity contribution is 0.280. The number of ether oxygens (including phenoxy) is 1. The summed E-state index contributed by atoms with van der Waals surface area (Å²) >= 11 is 0. The van der Waals surface area contributed by atoms with Gasteiger partial charge in [0, 0.05) is 17.9 Å². The third kappa shape index (κ3) is 3.15. The summed E-state index contributed by atoms with van der Waals surface area (Å²) in [6.45, 7) is 0.395. The monoisotopic (exact) mass is 270 g/mol. The van der Waals surface area contributed by atoms with Gasteiger partial charge in [0.05, 0.1) is 0 Å². The van der Waals surface area contributed by atoms with Crippen molar-refractivity contribution in [1.82, 2.24) is 9.97 Å². The van der Waals surface area contributed by atoms with Crippen LogP contribution in [0.4, 0.5) is 0 Å². The molecule has 5 nitrogen and oxygen atoms in total. The summed E-state index contributed by atoms with van der Waals surface area (Å²) in [5, 5.41) is 17.9. The summed E-state index contributed by atoms with van der Waals surface area (Å²) in [5.41, 5.74) is 2.70. The summed E-state index contributed by atoms with van der Waals surface area (Å²) in [4.78, 5) is 7.83. The zero-order valence-corrected chi connectivity index (χ0v) is 10.9. The van der Waals surface area contributed by atoms with E-state index >= 15 is 0 Å². The van der Waals surface area contributed by atoms with Crippen LogP contribution in [0.5, 0.6) is 6.01 Å². The van der Waals surface area contributed by atoms with Crippen LogP contribution < -0.4 is 10.2 Å². The number of hydrogen-bond donors (Lipinski definition) is 2. The molecule has 1 aromatic carbocycles. The van der Waals surface area contributed by atoms with E-state index < -0.39 is 7.12 Å². The van der Waals surface area contributed by atoms with Gasteiger partial charge in [-0.1, -0.05) is 24.3 Å². The minimum atomic E-state index is -1.56. The van der Waals surface area contributed by atoms with Crippen LogP contribution in [-0.4, -0.2) is 27.1 Å². The molecule has 1 fully saturated rings. The smallest absolute Gasteiger partial charge is 0.459 e. The van der Waals surface area contributed by atoms with Crippen molar-refractivity contribution in [2.75, 3.05) is 0 Å². The van der Waals surface area contributed by atoms with E-state index in [1.807, 2.05) is 0 Å². The van der Waals surface area contributed by atoms with Crippen molar-refractivity contribution >= 4 is 12.6 Å². The van der Waals surface area contributed by atoms with Crippen LogP contribution in [-0.2, 0) is 6.61 Å². The molecule has 0 amide bonds. The van der Waals surface area contributed by atoms with Crippen LogP contribution in [0.25, 0.3) is 0 Å². The first kappa shape index (κ1) is 13.1. The zero-order valence-electron chi connectivity index (χ0n) is 10.9. The van der Waals surface area contributed by atoms with Gasteiger partial charge in [-0.3, -0.25) is 0 Å². The average molecular weight is 270 g/mol. The number of benzene rings is 1. The Morgan fingerprint density at radius 3 is 2.30 bits per heavy atom. The molecule has 0 radical (unpaired) electrons. The van der Waals surface area contributed by atoms with E-state index in [1.165, 1.54) is 30.8 Å². The molecular weight excluding hydrogens is 255 g/mol. The van der Waals surface area contributed by atoms with Crippen LogP contribution in [0, 0.1) is 0 Å². The predicted octanol–water partition coefficient (Wildman–Crippen LogP) is 0.613. The second-order valence-corrected chi connectivity index (χ2v) is 4.98. The van der Waals surface area contributed by atoms with Gasteiger partial charge >= 0.3 is 13.1 Å². The van der Waals surface area contributed by atoms with Crippen LogP contribution >= 0.6 is 0 Å². The minimum absolute atomic E-state index is 0.223. The summed E-state index contributed by atoms with van der Waals surface area (Å²) in [6, 6.07) is 8.62. The van der Waals surface area contributed by atoms with E-state index in [0.29, 0.717) is 6.61 Å². The highest BCUT2D eigenvalue weighted by molar-refractivity contribution is 6.58. The summed E-state index contributed by atoms with van der Waals surface area (Å²) in [5.74, 6) is 0.755. The van der Waals surface area contributed by atoms with Gasteiger partial charge in [-0.25, -0.2) is 9.97 Å². The highest BCUT2D eigenvalue weighted by atomic mass is 16.5. The molecule has 0 unspecified atom stereocenters. The molecule has 2 aromatic rings. The fourth-order valence-corrected chi connectivity index (χ4v) is 1.98. The molecule has 20 heavy (non-hydrogen) atoms. The highest BCUT2D eigenvalue weighted by Gasteiger charge is 2.22.